The molecule has 0 spiro atoms. The van der Waals surface area contributed by atoms with Crippen LogP contribution in [0.5, 0.6) is 0 Å². The number of hydrogen-bond acceptors (Lipinski definition) is 2. The molecule has 0 saturated carbocycles. The summed E-state index contributed by atoms with van der Waals surface area (Å²) in [6.45, 7) is 1.99. The first-order valence-corrected chi connectivity index (χ1v) is 7.21. The van der Waals surface area contributed by atoms with Gasteiger partial charge in [0.25, 0.3) is 5.91 Å². The van der Waals surface area contributed by atoms with Crippen molar-refractivity contribution in [3.63, 3.8) is 0 Å². The monoisotopic (exact) mass is 309 g/mol. The van der Waals surface area contributed by atoms with Gasteiger partial charge in [-0.15, -0.1) is 0 Å². The minimum atomic E-state index is -0.304. The molecule has 0 aliphatic heterocycles. The smallest absolute Gasteiger partial charge is 0.273 e. The van der Waals surface area contributed by atoms with Gasteiger partial charge in [-0.2, -0.15) is 5.10 Å². The lowest BCUT2D eigenvalue weighted by atomic mass is 10.1. The zero-order valence-electron chi connectivity index (χ0n) is 12.9. The van der Waals surface area contributed by atoms with Crippen LogP contribution >= 0.6 is 0 Å². The van der Waals surface area contributed by atoms with Gasteiger partial charge in [-0.05, 0) is 49.4 Å². The number of aryl methyl sites for hydroxylation is 2. The summed E-state index contributed by atoms with van der Waals surface area (Å²) in [6.07, 6.45) is 0. The van der Waals surface area contributed by atoms with Gasteiger partial charge in [0, 0.05) is 18.3 Å². The second-order valence-corrected chi connectivity index (χ2v) is 5.37. The molecule has 1 amide bonds. The molecule has 1 heterocycles. The molecule has 0 bridgehead atoms. The first-order valence-electron chi connectivity index (χ1n) is 7.21. The normalized spacial score (nSPS) is 10.6. The Bertz CT molecular complexity index is 836. The molecule has 4 nitrogen and oxygen atoms in total. The average Bonchev–Trinajstić information content (AvgIpc) is 2.92. The van der Waals surface area contributed by atoms with Crippen LogP contribution in [-0.4, -0.2) is 15.7 Å². The number of rotatable bonds is 3. The summed E-state index contributed by atoms with van der Waals surface area (Å²) in [6, 6.07) is 15.3. The van der Waals surface area contributed by atoms with Gasteiger partial charge in [-0.1, -0.05) is 17.7 Å². The van der Waals surface area contributed by atoms with E-state index in [4.69, 9.17) is 0 Å². The Morgan fingerprint density at radius 2 is 1.74 bits per heavy atom. The van der Waals surface area contributed by atoms with E-state index >= 15 is 0 Å². The minimum Gasteiger partial charge on any atom is -0.321 e. The summed E-state index contributed by atoms with van der Waals surface area (Å²) in [5.41, 5.74) is 3.68. The first-order chi connectivity index (χ1) is 11.0. The number of aromatic nitrogens is 2. The van der Waals surface area contributed by atoms with Crippen LogP contribution in [0.2, 0.25) is 0 Å². The standard InChI is InChI=1S/C18H16FN3O/c1-12-3-9-15(10-4-12)20-18(23)17-11-16(21-22(17)2)13-5-7-14(19)8-6-13/h3-11H,1-2H3,(H,20,23). The molecule has 0 saturated heterocycles. The van der Waals surface area contributed by atoms with E-state index in [2.05, 4.69) is 10.4 Å². The number of amides is 1. The van der Waals surface area contributed by atoms with Crippen molar-refractivity contribution in [1.29, 1.82) is 0 Å². The van der Waals surface area contributed by atoms with Crippen LogP contribution in [0.15, 0.2) is 54.6 Å². The molecule has 0 radical (unpaired) electrons. The van der Waals surface area contributed by atoms with Crippen LogP contribution in [-0.2, 0) is 7.05 Å². The third-order valence-electron chi connectivity index (χ3n) is 3.56. The molecule has 1 N–H and O–H groups in total. The summed E-state index contributed by atoms with van der Waals surface area (Å²) < 4.78 is 14.5. The lowest BCUT2D eigenvalue weighted by molar-refractivity contribution is 0.101. The van der Waals surface area contributed by atoms with Crippen LogP contribution < -0.4 is 5.32 Å². The predicted molar refractivity (Wildman–Crippen MR) is 87.7 cm³/mol. The Hall–Kier alpha value is -2.95. The number of halogens is 1. The molecular formula is C18H16FN3O. The Balaban J connectivity index is 1.84. The fraction of sp³-hybridized carbons (Fsp3) is 0.111. The molecule has 2 aromatic carbocycles. The topological polar surface area (TPSA) is 46.9 Å². The third kappa shape index (κ3) is 3.29. The summed E-state index contributed by atoms with van der Waals surface area (Å²) in [5, 5.41) is 7.16. The summed E-state index contributed by atoms with van der Waals surface area (Å²) in [4.78, 5) is 12.4. The van der Waals surface area contributed by atoms with Crippen molar-refractivity contribution < 1.29 is 9.18 Å². The molecule has 0 atom stereocenters. The average molecular weight is 309 g/mol. The Kier molecular flexibility index (Phi) is 3.93. The molecule has 3 aromatic rings. The van der Waals surface area contributed by atoms with Gasteiger partial charge in [0.15, 0.2) is 0 Å². The van der Waals surface area contributed by atoms with Gasteiger partial charge in [-0.25, -0.2) is 4.39 Å². The van der Waals surface area contributed by atoms with E-state index in [0.717, 1.165) is 16.8 Å². The molecule has 5 heteroatoms. The van der Waals surface area contributed by atoms with Crippen molar-refractivity contribution in [2.75, 3.05) is 5.32 Å². The number of carbonyl (C=O) groups excluding carboxylic acids is 1. The Labute approximate surface area is 133 Å². The van der Waals surface area contributed by atoms with E-state index < -0.39 is 0 Å². The van der Waals surface area contributed by atoms with Crippen molar-refractivity contribution in [1.82, 2.24) is 9.78 Å². The number of nitrogens with one attached hydrogen (secondary N) is 1. The Morgan fingerprint density at radius 1 is 1.09 bits per heavy atom. The summed E-state index contributed by atoms with van der Waals surface area (Å²) >= 11 is 0. The van der Waals surface area contributed by atoms with Crippen molar-refractivity contribution in [2.24, 2.45) is 7.05 Å². The minimum absolute atomic E-state index is 0.239. The van der Waals surface area contributed by atoms with Crippen LogP contribution in [0.25, 0.3) is 11.3 Å². The number of nitrogens with zero attached hydrogens (tertiary/aromatic N) is 2. The van der Waals surface area contributed by atoms with Gasteiger partial charge in [0.05, 0.1) is 5.69 Å². The van der Waals surface area contributed by atoms with E-state index in [1.807, 2.05) is 31.2 Å². The fourth-order valence-electron chi connectivity index (χ4n) is 2.27. The summed E-state index contributed by atoms with van der Waals surface area (Å²) in [5.74, 6) is -0.542. The van der Waals surface area contributed by atoms with Crippen LogP contribution in [0.3, 0.4) is 0 Å². The molecule has 116 valence electrons. The van der Waals surface area contributed by atoms with E-state index in [1.54, 1.807) is 25.2 Å². The van der Waals surface area contributed by atoms with Gasteiger partial charge in [0.1, 0.15) is 11.5 Å². The quantitative estimate of drug-likeness (QED) is 0.800. The number of carbonyl (C=O) groups is 1. The first kappa shape index (κ1) is 15.0. The number of anilines is 1. The van der Waals surface area contributed by atoms with Crippen molar-refractivity contribution in [2.45, 2.75) is 6.92 Å². The highest BCUT2D eigenvalue weighted by Crippen LogP contribution is 2.20. The lowest BCUT2D eigenvalue weighted by Crippen LogP contribution is -2.15. The molecule has 1 aromatic heterocycles. The van der Waals surface area contributed by atoms with Crippen molar-refractivity contribution in [3.05, 3.63) is 71.7 Å². The van der Waals surface area contributed by atoms with Gasteiger partial charge in [0.2, 0.25) is 0 Å². The molecular weight excluding hydrogens is 293 g/mol. The Morgan fingerprint density at radius 3 is 2.39 bits per heavy atom. The maximum absolute atomic E-state index is 13.0. The van der Waals surface area contributed by atoms with Crippen LogP contribution in [0.4, 0.5) is 10.1 Å². The second kappa shape index (κ2) is 6.04. The fourth-order valence-corrected chi connectivity index (χ4v) is 2.27. The van der Waals surface area contributed by atoms with E-state index in [0.29, 0.717) is 11.4 Å². The second-order valence-electron chi connectivity index (χ2n) is 5.37. The molecule has 23 heavy (non-hydrogen) atoms. The maximum atomic E-state index is 13.0. The molecule has 0 aliphatic carbocycles. The van der Waals surface area contributed by atoms with E-state index in [9.17, 15) is 9.18 Å². The summed E-state index contributed by atoms with van der Waals surface area (Å²) in [7, 11) is 1.71. The van der Waals surface area contributed by atoms with Crippen molar-refractivity contribution in [3.8, 4) is 11.3 Å². The van der Waals surface area contributed by atoms with Gasteiger partial charge >= 0.3 is 0 Å². The zero-order chi connectivity index (χ0) is 16.4. The van der Waals surface area contributed by atoms with Gasteiger partial charge in [-0.3, -0.25) is 9.48 Å². The maximum Gasteiger partial charge on any atom is 0.273 e. The van der Waals surface area contributed by atoms with Crippen molar-refractivity contribution >= 4 is 11.6 Å². The number of hydrogen-bond donors (Lipinski definition) is 1. The van der Waals surface area contributed by atoms with Gasteiger partial charge < -0.3 is 5.32 Å². The lowest BCUT2D eigenvalue weighted by Gasteiger charge is -2.05. The van der Waals surface area contributed by atoms with Crippen LogP contribution in [0.1, 0.15) is 16.1 Å². The molecule has 0 aliphatic rings. The van der Waals surface area contributed by atoms with E-state index in [-0.39, 0.29) is 11.7 Å². The SMILES string of the molecule is Cc1ccc(NC(=O)c2cc(-c3ccc(F)cc3)nn2C)cc1. The molecule has 3 rings (SSSR count). The van der Waals surface area contributed by atoms with E-state index in [1.165, 1.54) is 16.8 Å². The molecule has 0 unspecified atom stereocenters. The third-order valence-corrected chi connectivity index (χ3v) is 3.56. The highest BCUT2D eigenvalue weighted by Gasteiger charge is 2.14. The molecule has 0 fully saturated rings. The highest BCUT2D eigenvalue weighted by atomic mass is 19.1. The van der Waals surface area contributed by atoms with Crippen LogP contribution in [0, 0.1) is 12.7 Å². The highest BCUT2D eigenvalue weighted by molar-refractivity contribution is 6.03. The number of benzene rings is 2. The predicted octanol–water partition coefficient (Wildman–Crippen LogP) is 3.79. The largest absolute Gasteiger partial charge is 0.321 e. The zero-order valence-corrected chi connectivity index (χ0v) is 12.9.